The van der Waals surface area contributed by atoms with Gasteiger partial charge in [0.2, 0.25) is 5.88 Å². The van der Waals surface area contributed by atoms with Gasteiger partial charge < -0.3 is 4.74 Å². The van der Waals surface area contributed by atoms with Crippen LogP contribution in [-0.4, -0.2) is 9.38 Å². The molecule has 0 N–H and O–H groups in total. The minimum Gasteiger partial charge on any atom is -0.437 e. The highest BCUT2D eigenvalue weighted by Crippen LogP contribution is 2.31. The molecule has 0 amide bonds. The van der Waals surface area contributed by atoms with Crippen LogP contribution in [0.3, 0.4) is 0 Å². The van der Waals surface area contributed by atoms with E-state index in [1.54, 1.807) is 11.3 Å². The molecule has 0 spiro atoms. The number of halogens is 1. The van der Waals surface area contributed by atoms with Crippen molar-refractivity contribution in [3.05, 3.63) is 46.6 Å². The third-order valence-corrected chi connectivity index (χ3v) is 5.27. The van der Waals surface area contributed by atoms with E-state index >= 15 is 0 Å². The summed E-state index contributed by atoms with van der Waals surface area (Å²) in [7, 11) is 0. The SMILES string of the molecule is BrCc1c(Oc2ccc3c(c2)CCCC3)nc2sccn12. The summed E-state index contributed by atoms with van der Waals surface area (Å²) >= 11 is 5.15. The van der Waals surface area contributed by atoms with Crippen molar-refractivity contribution in [3.63, 3.8) is 0 Å². The van der Waals surface area contributed by atoms with E-state index in [1.165, 1.54) is 30.4 Å². The number of ether oxygens (including phenoxy) is 1. The van der Waals surface area contributed by atoms with Gasteiger partial charge in [-0.05, 0) is 48.9 Å². The summed E-state index contributed by atoms with van der Waals surface area (Å²) in [5.74, 6) is 1.60. The number of hydrogen-bond donors (Lipinski definition) is 0. The van der Waals surface area contributed by atoms with Gasteiger partial charge in [-0.1, -0.05) is 22.0 Å². The molecule has 3 nitrogen and oxygen atoms in total. The Balaban J connectivity index is 1.69. The number of benzene rings is 1. The van der Waals surface area contributed by atoms with Crippen molar-refractivity contribution in [2.75, 3.05) is 0 Å². The number of aryl methyl sites for hydroxylation is 2. The summed E-state index contributed by atoms with van der Waals surface area (Å²) in [6.07, 6.45) is 6.98. The van der Waals surface area contributed by atoms with Gasteiger partial charge >= 0.3 is 0 Å². The van der Waals surface area contributed by atoms with Crippen LogP contribution in [0.1, 0.15) is 29.7 Å². The second-order valence-corrected chi connectivity index (χ2v) is 6.73. The first-order chi connectivity index (χ1) is 10.3. The Labute approximate surface area is 135 Å². The Bertz CT molecular complexity index is 793. The molecule has 0 fully saturated rings. The molecule has 0 bridgehead atoms. The molecule has 108 valence electrons. The molecule has 5 heteroatoms. The molecule has 21 heavy (non-hydrogen) atoms. The van der Waals surface area contributed by atoms with Crippen LogP contribution in [0.5, 0.6) is 11.6 Å². The zero-order valence-electron chi connectivity index (χ0n) is 11.5. The van der Waals surface area contributed by atoms with Gasteiger partial charge in [-0.2, -0.15) is 4.98 Å². The van der Waals surface area contributed by atoms with Gasteiger partial charge in [-0.15, -0.1) is 11.3 Å². The molecule has 1 aliphatic carbocycles. The van der Waals surface area contributed by atoms with E-state index in [9.17, 15) is 0 Å². The molecule has 0 radical (unpaired) electrons. The molecule has 0 saturated heterocycles. The molecule has 1 aromatic carbocycles. The summed E-state index contributed by atoms with van der Waals surface area (Å²) in [6.45, 7) is 0. The first kappa shape index (κ1) is 13.3. The van der Waals surface area contributed by atoms with Crippen molar-refractivity contribution in [1.29, 1.82) is 0 Å². The fraction of sp³-hybridized carbons (Fsp3) is 0.312. The minimum absolute atomic E-state index is 0.703. The van der Waals surface area contributed by atoms with E-state index in [0.29, 0.717) is 5.88 Å². The molecule has 0 aliphatic heterocycles. The summed E-state index contributed by atoms with van der Waals surface area (Å²) < 4.78 is 8.13. The van der Waals surface area contributed by atoms with Gasteiger partial charge in [0.05, 0.1) is 5.69 Å². The standard InChI is InChI=1S/C16H15BrN2OS/c17-10-14-15(18-16-19(14)7-8-21-16)20-13-6-5-11-3-1-2-4-12(11)9-13/h5-9H,1-4,10H2. The van der Waals surface area contributed by atoms with Crippen molar-refractivity contribution in [2.24, 2.45) is 0 Å². The smallest absolute Gasteiger partial charge is 0.243 e. The maximum Gasteiger partial charge on any atom is 0.243 e. The molecule has 0 atom stereocenters. The number of rotatable bonds is 3. The molecule has 4 rings (SSSR count). The van der Waals surface area contributed by atoms with Crippen LogP contribution in [0.4, 0.5) is 0 Å². The van der Waals surface area contributed by atoms with Crippen molar-refractivity contribution in [3.8, 4) is 11.6 Å². The quantitative estimate of drug-likeness (QED) is 0.615. The number of aromatic nitrogens is 2. The maximum atomic E-state index is 6.05. The van der Waals surface area contributed by atoms with Crippen LogP contribution in [0.25, 0.3) is 4.96 Å². The average Bonchev–Trinajstić information content (AvgIpc) is 3.07. The maximum absolute atomic E-state index is 6.05. The monoisotopic (exact) mass is 362 g/mol. The van der Waals surface area contributed by atoms with Gasteiger partial charge in [0.1, 0.15) is 5.75 Å². The molecule has 2 heterocycles. The van der Waals surface area contributed by atoms with Crippen LogP contribution in [0.15, 0.2) is 29.8 Å². The zero-order valence-corrected chi connectivity index (χ0v) is 13.9. The molecule has 1 aliphatic rings. The third kappa shape index (κ3) is 2.38. The largest absolute Gasteiger partial charge is 0.437 e. The summed E-state index contributed by atoms with van der Waals surface area (Å²) in [6, 6.07) is 6.45. The van der Waals surface area contributed by atoms with E-state index in [0.717, 1.165) is 28.2 Å². The Kier molecular flexibility index (Phi) is 3.47. The van der Waals surface area contributed by atoms with Gasteiger partial charge in [0.25, 0.3) is 0 Å². The highest BCUT2D eigenvalue weighted by Gasteiger charge is 2.15. The van der Waals surface area contributed by atoms with E-state index in [2.05, 4.69) is 43.5 Å². The third-order valence-electron chi connectivity index (χ3n) is 3.99. The normalized spacial score (nSPS) is 14.3. The van der Waals surface area contributed by atoms with Gasteiger partial charge in [-0.25, -0.2) is 0 Å². The van der Waals surface area contributed by atoms with Crippen molar-refractivity contribution in [2.45, 2.75) is 31.0 Å². The van der Waals surface area contributed by atoms with E-state index in [-0.39, 0.29) is 0 Å². The Morgan fingerprint density at radius 1 is 1.24 bits per heavy atom. The van der Waals surface area contributed by atoms with E-state index < -0.39 is 0 Å². The lowest BCUT2D eigenvalue weighted by Crippen LogP contribution is -2.02. The number of hydrogen-bond acceptors (Lipinski definition) is 3. The van der Waals surface area contributed by atoms with Crippen LogP contribution in [0, 0.1) is 0 Å². The lowest BCUT2D eigenvalue weighted by Gasteiger charge is -2.16. The molecular weight excluding hydrogens is 348 g/mol. The van der Waals surface area contributed by atoms with E-state index in [1.807, 2.05) is 11.6 Å². The second-order valence-electron chi connectivity index (χ2n) is 5.29. The topological polar surface area (TPSA) is 26.5 Å². The van der Waals surface area contributed by atoms with Crippen LogP contribution in [-0.2, 0) is 18.2 Å². The number of imidazole rings is 1. The van der Waals surface area contributed by atoms with E-state index in [4.69, 9.17) is 4.74 Å². The van der Waals surface area contributed by atoms with Crippen molar-refractivity contribution >= 4 is 32.2 Å². The second kappa shape index (κ2) is 5.46. The van der Waals surface area contributed by atoms with Gasteiger partial charge in [-0.3, -0.25) is 4.40 Å². The predicted octanol–water partition coefficient (Wildman–Crippen LogP) is 4.96. The highest BCUT2D eigenvalue weighted by molar-refractivity contribution is 9.08. The van der Waals surface area contributed by atoms with Crippen molar-refractivity contribution < 1.29 is 4.74 Å². The van der Waals surface area contributed by atoms with Crippen LogP contribution in [0.2, 0.25) is 0 Å². The fourth-order valence-corrected chi connectivity index (χ4v) is 4.14. The summed E-state index contributed by atoms with van der Waals surface area (Å²) in [5, 5.41) is 2.77. The Morgan fingerprint density at radius 3 is 2.95 bits per heavy atom. The average molecular weight is 363 g/mol. The molecular formula is C16H15BrN2OS. The van der Waals surface area contributed by atoms with Gasteiger partial charge in [0.15, 0.2) is 4.96 Å². The van der Waals surface area contributed by atoms with Crippen molar-refractivity contribution in [1.82, 2.24) is 9.38 Å². The molecule has 3 aromatic rings. The minimum atomic E-state index is 0.703. The zero-order chi connectivity index (χ0) is 14.2. The first-order valence-corrected chi connectivity index (χ1v) is 9.15. The molecule has 0 unspecified atom stereocenters. The Morgan fingerprint density at radius 2 is 2.10 bits per heavy atom. The number of thiazole rings is 1. The lowest BCUT2D eigenvalue weighted by atomic mass is 9.92. The van der Waals surface area contributed by atoms with Crippen LogP contribution < -0.4 is 4.74 Å². The Hall–Kier alpha value is -1.33. The highest BCUT2D eigenvalue weighted by atomic mass is 79.9. The first-order valence-electron chi connectivity index (χ1n) is 7.15. The number of nitrogens with zero attached hydrogens (tertiary/aromatic N) is 2. The van der Waals surface area contributed by atoms with Crippen LogP contribution >= 0.6 is 27.3 Å². The fourth-order valence-electron chi connectivity index (χ4n) is 2.90. The van der Waals surface area contributed by atoms with Gasteiger partial charge in [0, 0.05) is 16.9 Å². The summed E-state index contributed by atoms with van der Waals surface area (Å²) in [5.41, 5.74) is 3.96. The number of alkyl halides is 1. The molecule has 0 saturated carbocycles. The number of fused-ring (bicyclic) bond motifs is 2. The summed E-state index contributed by atoms with van der Waals surface area (Å²) in [4.78, 5) is 5.55. The molecule has 2 aromatic heterocycles. The predicted molar refractivity (Wildman–Crippen MR) is 88.9 cm³/mol. The lowest BCUT2D eigenvalue weighted by molar-refractivity contribution is 0.460.